The van der Waals surface area contributed by atoms with Gasteiger partial charge in [-0.05, 0) is 47.9 Å². The minimum absolute atomic E-state index is 0.0729. The molecule has 9 heteroatoms. The quantitative estimate of drug-likeness (QED) is 0.440. The number of methoxy groups -OCH3 is 1. The number of nitrogens with two attached hydrogens (primary N) is 1. The predicted octanol–water partition coefficient (Wildman–Crippen LogP) is 5.21. The molecule has 3 aromatic carbocycles. The van der Waals surface area contributed by atoms with Gasteiger partial charge in [-0.25, -0.2) is 0 Å². The molecule has 5 nitrogen and oxygen atoms in total. The molecule has 1 atom stereocenters. The average Bonchev–Trinajstić information content (AvgIpc) is 2.79. The Labute approximate surface area is 199 Å². The second-order valence-corrected chi connectivity index (χ2v) is 7.91. The highest BCUT2D eigenvalue weighted by atomic mass is 35.5. The van der Waals surface area contributed by atoms with Crippen molar-refractivity contribution >= 4 is 29.1 Å². The van der Waals surface area contributed by atoms with Gasteiger partial charge in [0.25, 0.3) is 0 Å². The zero-order valence-electron chi connectivity index (χ0n) is 18.2. The minimum atomic E-state index is -4.44. The molecule has 0 radical (unpaired) electrons. The third-order valence-electron chi connectivity index (χ3n) is 5.28. The largest absolute Gasteiger partial charge is 0.495 e. The Balaban J connectivity index is 1.94. The van der Waals surface area contributed by atoms with Crippen LogP contribution in [-0.4, -0.2) is 25.5 Å². The first-order valence-electron chi connectivity index (χ1n) is 10.3. The molecule has 0 saturated carbocycles. The summed E-state index contributed by atoms with van der Waals surface area (Å²) in [4.78, 5) is 27.2. The summed E-state index contributed by atoms with van der Waals surface area (Å²) in [5.74, 6) is -2.26. The number of carbonyl (C=O) groups excluding carboxylic acids is 2. The molecule has 2 N–H and O–H groups in total. The van der Waals surface area contributed by atoms with Crippen molar-refractivity contribution in [3.8, 4) is 5.75 Å². The number of benzene rings is 3. The molecule has 1 unspecified atom stereocenters. The lowest BCUT2D eigenvalue weighted by molar-refractivity contribution is -0.137. The third-order valence-corrected chi connectivity index (χ3v) is 5.58. The minimum Gasteiger partial charge on any atom is -0.495 e. The van der Waals surface area contributed by atoms with E-state index in [1.54, 1.807) is 42.5 Å². The van der Waals surface area contributed by atoms with Gasteiger partial charge < -0.3 is 15.4 Å². The maximum absolute atomic E-state index is 13.6. The van der Waals surface area contributed by atoms with Gasteiger partial charge in [-0.1, -0.05) is 54.1 Å². The number of alkyl halides is 3. The van der Waals surface area contributed by atoms with Crippen molar-refractivity contribution in [1.82, 2.24) is 0 Å². The summed E-state index contributed by atoms with van der Waals surface area (Å²) in [6, 6.07) is 17.8. The molecule has 2 amide bonds. The van der Waals surface area contributed by atoms with Crippen LogP contribution in [0.4, 0.5) is 18.9 Å². The lowest BCUT2D eigenvalue weighted by Crippen LogP contribution is -2.41. The van der Waals surface area contributed by atoms with Crippen molar-refractivity contribution in [2.75, 3.05) is 18.6 Å². The van der Waals surface area contributed by atoms with Gasteiger partial charge in [-0.15, -0.1) is 0 Å². The number of hydrogen-bond donors (Lipinski definition) is 1. The van der Waals surface area contributed by atoms with Crippen LogP contribution in [0.2, 0.25) is 5.02 Å². The zero-order valence-corrected chi connectivity index (χ0v) is 18.9. The van der Waals surface area contributed by atoms with Gasteiger partial charge in [0, 0.05) is 12.2 Å². The summed E-state index contributed by atoms with van der Waals surface area (Å²) in [6.45, 7) is 0.0729. The van der Waals surface area contributed by atoms with Gasteiger partial charge in [0.2, 0.25) is 11.8 Å². The van der Waals surface area contributed by atoms with E-state index in [0.717, 1.165) is 12.1 Å². The maximum atomic E-state index is 13.6. The second kappa shape index (κ2) is 10.6. The lowest BCUT2D eigenvalue weighted by atomic mass is 9.96. The number of ether oxygens (including phenoxy) is 1. The van der Waals surface area contributed by atoms with Crippen molar-refractivity contribution in [3.05, 3.63) is 94.5 Å². The first kappa shape index (κ1) is 25.1. The van der Waals surface area contributed by atoms with Gasteiger partial charge >= 0.3 is 6.18 Å². The highest BCUT2D eigenvalue weighted by molar-refractivity contribution is 6.32. The Kier molecular flexibility index (Phi) is 7.83. The van der Waals surface area contributed by atoms with Crippen LogP contribution in [0, 0.1) is 0 Å². The summed E-state index contributed by atoms with van der Waals surface area (Å²) in [7, 11) is 1.45. The molecule has 34 heavy (non-hydrogen) atoms. The van der Waals surface area contributed by atoms with E-state index in [-0.39, 0.29) is 18.0 Å². The van der Waals surface area contributed by atoms with E-state index in [0.29, 0.717) is 22.6 Å². The summed E-state index contributed by atoms with van der Waals surface area (Å²) in [6.07, 6.45) is -4.21. The highest BCUT2D eigenvalue weighted by Gasteiger charge is 2.32. The number of anilines is 1. The van der Waals surface area contributed by atoms with E-state index >= 15 is 0 Å². The third kappa shape index (κ3) is 5.88. The number of hydrogen-bond acceptors (Lipinski definition) is 3. The maximum Gasteiger partial charge on any atom is 0.416 e. The molecular formula is C25H22ClF3N2O3. The summed E-state index contributed by atoms with van der Waals surface area (Å²) >= 11 is 6.25. The fourth-order valence-electron chi connectivity index (χ4n) is 3.52. The number of amides is 2. The Morgan fingerprint density at radius 3 is 2.21 bits per heavy atom. The van der Waals surface area contributed by atoms with Crippen LogP contribution in [0.3, 0.4) is 0 Å². The van der Waals surface area contributed by atoms with Crippen molar-refractivity contribution in [2.24, 2.45) is 5.73 Å². The van der Waals surface area contributed by atoms with Crippen molar-refractivity contribution in [3.63, 3.8) is 0 Å². The summed E-state index contributed by atoms with van der Waals surface area (Å²) in [5.41, 5.74) is 6.23. The summed E-state index contributed by atoms with van der Waals surface area (Å²) in [5, 5.41) is 0.252. The number of primary amides is 1. The van der Waals surface area contributed by atoms with Crippen LogP contribution >= 0.6 is 11.6 Å². The van der Waals surface area contributed by atoms with Crippen LogP contribution in [0.1, 0.15) is 22.6 Å². The second-order valence-electron chi connectivity index (χ2n) is 7.50. The molecule has 3 aromatic rings. The number of halogens is 4. The van der Waals surface area contributed by atoms with Gasteiger partial charge in [0.15, 0.2) is 0 Å². The van der Waals surface area contributed by atoms with Gasteiger partial charge in [0.05, 0.1) is 17.7 Å². The SMILES string of the molecule is COc1ccc(N(CCc2ccc(C(F)(F)F)cc2)C(=O)C(C(N)=O)c2ccccc2)cc1Cl. The predicted molar refractivity (Wildman–Crippen MR) is 124 cm³/mol. The van der Waals surface area contributed by atoms with Crippen molar-refractivity contribution in [1.29, 1.82) is 0 Å². The normalized spacial score (nSPS) is 12.1. The Morgan fingerprint density at radius 2 is 1.68 bits per heavy atom. The van der Waals surface area contributed by atoms with Crippen molar-refractivity contribution in [2.45, 2.75) is 18.5 Å². The van der Waals surface area contributed by atoms with Crippen LogP contribution in [0.25, 0.3) is 0 Å². The fraction of sp³-hybridized carbons (Fsp3) is 0.200. The smallest absolute Gasteiger partial charge is 0.416 e. The first-order chi connectivity index (χ1) is 16.1. The topological polar surface area (TPSA) is 72.6 Å². The number of rotatable bonds is 8. The summed E-state index contributed by atoms with van der Waals surface area (Å²) < 4.78 is 43.8. The molecular weight excluding hydrogens is 469 g/mol. The molecule has 0 aromatic heterocycles. The van der Waals surface area contributed by atoms with Crippen molar-refractivity contribution < 1.29 is 27.5 Å². The van der Waals surface area contributed by atoms with Gasteiger partial charge in [0.1, 0.15) is 11.7 Å². The standard InChI is InChI=1S/C25H22ClF3N2O3/c1-34-21-12-11-19(15-20(21)26)31(14-13-16-7-9-18(10-8-16)25(27,28)29)24(33)22(23(30)32)17-5-3-2-4-6-17/h2-12,15,22H,13-14H2,1H3,(H2,30,32). The molecule has 0 fully saturated rings. The van der Waals surface area contributed by atoms with Gasteiger partial charge in [-0.2, -0.15) is 13.2 Å². The lowest BCUT2D eigenvalue weighted by Gasteiger charge is -2.27. The van der Waals surface area contributed by atoms with E-state index in [4.69, 9.17) is 22.1 Å². The molecule has 0 aliphatic carbocycles. The van der Waals surface area contributed by atoms with Crippen LogP contribution in [-0.2, 0) is 22.2 Å². The molecule has 0 spiro atoms. The molecule has 0 bridgehead atoms. The number of carbonyl (C=O) groups is 2. The fourth-order valence-corrected chi connectivity index (χ4v) is 3.77. The Bertz CT molecular complexity index is 1150. The van der Waals surface area contributed by atoms with E-state index in [1.807, 2.05) is 0 Å². The molecule has 0 aliphatic heterocycles. The highest BCUT2D eigenvalue weighted by Crippen LogP contribution is 2.32. The molecule has 0 heterocycles. The van der Waals surface area contributed by atoms with Crippen LogP contribution < -0.4 is 15.4 Å². The van der Waals surface area contributed by atoms with E-state index in [1.165, 1.54) is 30.2 Å². The molecule has 0 aliphatic rings. The average molecular weight is 491 g/mol. The van der Waals surface area contributed by atoms with Crippen LogP contribution in [0.5, 0.6) is 5.75 Å². The monoisotopic (exact) mass is 490 g/mol. The van der Waals surface area contributed by atoms with Crippen LogP contribution in [0.15, 0.2) is 72.8 Å². The van der Waals surface area contributed by atoms with E-state index < -0.39 is 29.5 Å². The van der Waals surface area contributed by atoms with E-state index in [2.05, 4.69) is 0 Å². The molecule has 3 rings (SSSR count). The first-order valence-corrected chi connectivity index (χ1v) is 10.6. The zero-order chi connectivity index (χ0) is 24.9. The molecule has 178 valence electrons. The molecule has 0 saturated heterocycles. The Morgan fingerprint density at radius 1 is 1.03 bits per heavy atom. The van der Waals surface area contributed by atoms with E-state index in [9.17, 15) is 22.8 Å². The number of nitrogens with zero attached hydrogens (tertiary/aromatic N) is 1. The van der Waals surface area contributed by atoms with Gasteiger partial charge in [-0.3, -0.25) is 9.59 Å². The Hall–Kier alpha value is -3.52.